The number of rotatable bonds is 3. The number of nitrogens with one attached hydrogen (secondary N) is 1. The van der Waals surface area contributed by atoms with Crippen LogP contribution in [0.2, 0.25) is 0 Å². The number of hydrogen-bond acceptors (Lipinski definition) is 3. The molecule has 6 heteroatoms. The number of pyridine rings is 1. The molecule has 2 aliphatic rings. The number of H-pyrrole nitrogens is 1. The zero-order chi connectivity index (χ0) is 18.2. The van der Waals surface area contributed by atoms with Crippen LogP contribution in [0.1, 0.15) is 54.2 Å². The van der Waals surface area contributed by atoms with E-state index in [1.165, 1.54) is 6.07 Å². The summed E-state index contributed by atoms with van der Waals surface area (Å²) in [6.45, 7) is 8.34. The summed E-state index contributed by atoms with van der Waals surface area (Å²) in [6.07, 6.45) is 3.56. The van der Waals surface area contributed by atoms with E-state index in [9.17, 15) is 14.4 Å². The van der Waals surface area contributed by atoms with E-state index < -0.39 is 5.41 Å². The highest BCUT2D eigenvalue weighted by atomic mass is 16.2. The van der Waals surface area contributed by atoms with Crippen LogP contribution in [-0.4, -0.2) is 52.8 Å². The number of aromatic amines is 1. The Labute approximate surface area is 148 Å². The average molecular weight is 345 g/mol. The molecule has 0 aliphatic carbocycles. The van der Waals surface area contributed by atoms with Gasteiger partial charge >= 0.3 is 0 Å². The quantitative estimate of drug-likeness (QED) is 0.909. The van der Waals surface area contributed by atoms with Crippen molar-refractivity contribution in [3.63, 3.8) is 0 Å². The Bertz CT molecular complexity index is 727. The predicted octanol–water partition coefficient (Wildman–Crippen LogP) is 1.86. The van der Waals surface area contributed by atoms with Crippen molar-refractivity contribution in [2.75, 3.05) is 26.2 Å². The SMILES string of the molecule is CCCN1CCC[C@@]2(CCN(C(=O)c3c(C)cc(=O)[nH]c3C)C2)C1=O. The first-order chi connectivity index (χ1) is 11.9. The van der Waals surface area contributed by atoms with Gasteiger partial charge in [0.15, 0.2) is 0 Å². The normalized spacial score (nSPS) is 23.6. The Hall–Kier alpha value is -2.11. The minimum Gasteiger partial charge on any atom is -0.342 e. The molecule has 0 bridgehead atoms. The van der Waals surface area contributed by atoms with Crippen LogP contribution in [0, 0.1) is 19.3 Å². The molecule has 25 heavy (non-hydrogen) atoms. The molecule has 1 aromatic heterocycles. The fraction of sp³-hybridized carbons (Fsp3) is 0.632. The summed E-state index contributed by atoms with van der Waals surface area (Å²) in [5, 5.41) is 0. The summed E-state index contributed by atoms with van der Waals surface area (Å²) < 4.78 is 0. The zero-order valence-electron chi connectivity index (χ0n) is 15.4. The van der Waals surface area contributed by atoms with E-state index in [1.54, 1.807) is 18.7 Å². The number of piperidine rings is 1. The van der Waals surface area contributed by atoms with Gasteiger partial charge < -0.3 is 14.8 Å². The lowest BCUT2D eigenvalue weighted by atomic mass is 9.78. The lowest BCUT2D eigenvalue weighted by molar-refractivity contribution is -0.145. The van der Waals surface area contributed by atoms with Crippen LogP contribution in [0.5, 0.6) is 0 Å². The molecule has 3 heterocycles. The number of hydrogen-bond donors (Lipinski definition) is 1. The smallest absolute Gasteiger partial charge is 0.255 e. The summed E-state index contributed by atoms with van der Waals surface area (Å²) >= 11 is 0. The van der Waals surface area contributed by atoms with E-state index in [-0.39, 0.29) is 17.4 Å². The third-order valence-corrected chi connectivity index (χ3v) is 5.60. The molecule has 6 nitrogen and oxygen atoms in total. The van der Waals surface area contributed by atoms with Crippen molar-refractivity contribution in [3.05, 3.63) is 33.2 Å². The molecule has 1 aromatic rings. The molecule has 0 unspecified atom stereocenters. The molecular weight excluding hydrogens is 318 g/mol. The number of likely N-dealkylation sites (tertiary alicyclic amines) is 2. The van der Waals surface area contributed by atoms with Crippen molar-refractivity contribution in [1.29, 1.82) is 0 Å². The molecule has 136 valence electrons. The van der Waals surface area contributed by atoms with Gasteiger partial charge in [-0.15, -0.1) is 0 Å². The summed E-state index contributed by atoms with van der Waals surface area (Å²) in [7, 11) is 0. The first-order valence-corrected chi connectivity index (χ1v) is 9.17. The third-order valence-electron chi connectivity index (χ3n) is 5.60. The van der Waals surface area contributed by atoms with Crippen molar-refractivity contribution in [1.82, 2.24) is 14.8 Å². The van der Waals surface area contributed by atoms with E-state index in [0.29, 0.717) is 29.9 Å². The molecule has 1 N–H and O–H groups in total. The number of amides is 2. The standard InChI is InChI=1S/C19H27N3O3/c1-4-8-21-9-5-6-19(18(21)25)7-10-22(12-19)17(24)16-13(2)11-15(23)20-14(16)3/h11H,4-10,12H2,1-3H3,(H,20,23)/t19-/m0/s1. The Kier molecular flexibility index (Phi) is 4.71. The molecule has 2 amide bonds. The molecule has 2 fully saturated rings. The van der Waals surface area contributed by atoms with Crippen LogP contribution < -0.4 is 5.56 Å². The molecule has 1 spiro atoms. The number of carbonyl (C=O) groups excluding carboxylic acids is 2. The van der Waals surface area contributed by atoms with E-state index >= 15 is 0 Å². The highest BCUT2D eigenvalue weighted by Gasteiger charge is 2.49. The predicted molar refractivity (Wildman–Crippen MR) is 95.6 cm³/mol. The van der Waals surface area contributed by atoms with E-state index in [1.807, 2.05) is 4.90 Å². The van der Waals surface area contributed by atoms with Gasteiger partial charge in [-0.1, -0.05) is 6.92 Å². The second kappa shape index (κ2) is 6.65. The van der Waals surface area contributed by atoms with E-state index in [4.69, 9.17) is 0 Å². The molecule has 0 saturated carbocycles. The molecule has 2 saturated heterocycles. The average Bonchev–Trinajstić information content (AvgIpc) is 2.96. The van der Waals surface area contributed by atoms with Crippen LogP contribution >= 0.6 is 0 Å². The third kappa shape index (κ3) is 3.10. The minimum atomic E-state index is -0.410. The van der Waals surface area contributed by atoms with Gasteiger partial charge in [-0.05, 0) is 45.1 Å². The maximum Gasteiger partial charge on any atom is 0.255 e. The Morgan fingerprint density at radius 2 is 2.00 bits per heavy atom. The highest BCUT2D eigenvalue weighted by molar-refractivity contribution is 5.97. The molecule has 3 rings (SSSR count). The second-order valence-electron chi connectivity index (χ2n) is 7.47. The van der Waals surface area contributed by atoms with E-state index in [0.717, 1.165) is 38.8 Å². The summed E-state index contributed by atoms with van der Waals surface area (Å²) in [5.41, 5.74) is 1.24. The van der Waals surface area contributed by atoms with Gasteiger partial charge in [-0.2, -0.15) is 0 Å². The van der Waals surface area contributed by atoms with Gasteiger partial charge in [0.25, 0.3) is 5.91 Å². The summed E-state index contributed by atoms with van der Waals surface area (Å²) in [6, 6.07) is 1.46. The van der Waals surface area contributed by atoms with Crippen molar-refractivity contribution in [2.24, 2.45) is 5.41 Å². The summed E-state index contributed by atoms with van der Waals surface area (Å²) in [4.78, 5) is 44.0. The maximum atomic E-state index is 13.0. The van der Waals surface area contributed by atoms with Crippen molar-refractivity contribution < 1.29 is 9.59 Å². The van der Waals surface area contributed by atoms with Gasteiger partial charge in [-0.3, -0.25) is 14.4 Å². The lowest BCUT2D eigenvalue weighted by Gasteiger charge is -2.39. The Morgan fingerprint density at radius 1 is 1.24 bits per heavy atom. The largest absolute Gasteiger partial charge is 0.342 e. The van der Waals surface area contributed by atoms with Crippen LogP contribution in [0.15, 0.2) is 10.9 Å². The van der Waals surface area contributed by atoms with Crippen LogP contribution in [-0.2, 0) is 4.79 Å². The van der Waals surface area contributed by atoms with Crippen molar-refractivity contribution in [2.45, 2.75) is 46.5 Å². The topological polar surface area (TPSA) is 73.5 Å². The monoisotopic (exact) mass is 345 g/mol. The second-order valence-corrected chi connectivity index (χ2v) is 7.47. The first kappa shape index (κ1) is 17.7. The molecular formula is C19H27N3O3. The number of carbonyl (C=O) groups is 2. The Balaban J connectivity index is 1.82. The number of nitrogens with zero attached hydrogens (tertiary/aromatic N) is 2. The summed E-state index contributed by atoms with van der Waals surface area (Å²) in [5.74, 6) is 0.134. The van der Waals surface area contributed by atoms with Crippen LogP contribution in [0.4, 0.5) is 0 Å². The fourth-order valence-electron chi connectivity index (χ4n) is 4.39. The fourth-order valence-corrected chi connectivity index (χ4v) is 4.39. The zero-order valence-corrected chi connectivity index (χ0v) is 15.4. The molecule has 1 atom stereocenters. The van der Waals surface area contributed by atoms with Crippen molar-refractivity contribution >= 4 is 11.8 Å². The number of aryl methyl sites for hydroxylation is 2. The molecule has 0 aromatic carbocycles. The van der Waals surface area contributed by atoms with Gasteiger partial charge in [0.1, 0.15) is 0 Å². The molecule has 2 aliphatic heterocycles. The van der Waals surface area contributed by atoms with E-state index in [2.05, 4.69) is 11.9 Å². The Morgan fingerprint density at radius 3 is 2.68 bits per heavy atom. The minimum absolute atomic E-state index is 0.0801. The van der Waals surface area contributed by atoms with Crippen molar-refractivity contribution in [3.8, 4) is 0 Å². The molecule has 0 radical (unpaired) electrons. The van der Waals surface area contributed by atoms with Crippen LogP contribution in [0.25, 0.3) is 0 Å². The lowest BCUT2D eigenvalue weighted by Crippen LogP contribution is -2.50. The van der Waals surface area contributed by atoms with Gasteiger partial charge in [0.05, 0.1) is 11.0 Å². The highest BCUT2D eigenvalue weighted by Crippen LogP contribution is 2.40. The van der Waals surface area contributed by atoms with Gasteiger partial charge in [0, 0.05) is 37.9 Å². The number of aromatic nitrogens is 1. The van der Waals surface area contributed by atoms with Gasteiger partial charge in [-0.25, -0.2) is 0 Å². The maximum absolute atomic E-state index is 13.0. The first-order valence-electron chi connectivity index (χ1n) is 9.17. The van der Waals surface area contributed by atoms with Crippen LogP contribution in [0.3, 0.4) is 0 Å². The van der Waals surface area contributed by atoms with Gasteiger partial charge in [0.2, 0.25) is 11.5 Å².